The van der Waals surface area contributed by atoms with Crippen LogP contribution in [0.3, 0.4) is 0 Å². The molecule has 0 saturated carbocycles. The molecule has 0 spiro atoms. The van der Waals surface area contributed by atoms with Crippen molar-refractivity contribution in [3.63, 3.8) is 0 Å². The zero-order valence-corrected chi connectivity index (χ0v) is 10.3. The van der Waals surface area contributed by atoms with Crippen LogP contribution in [0.25, 0.3) is 0 Å². The molecule has 0 unspecified atom stereocenters. The molecule has 3 heteroatoms. The van der Waals surface area contributed by atoms with Gasteiger partial charge in [0.2, 0.25) is 0 Å². The number of ether oxygens (including phenoxy) is 3. The summed E-state index contributed by atoms with van der Waals surface area (Å²) in [5.41, 5.74) is 2.06. The molecule has 0 bridgehead atoms. The maximum Gasteiger partial charge on any atom is 0.129 e. The molecule has 88 valence electrons. The second-order valence-electron chi connectivity index (χ2n) is 3.64. The van der Waals surface area contributed by atoms with Crippen LogP contribution in [0.5, 0.6) is 17.2 Å². The van der Waals surface area contributed by atoms with Crippen molar-refractivity contribution in [1.82, 2.24) is 0 Å². The van der Waals surface area contributed by atoms with Crippen LogP contribution in [0.2, 0.25) is 0 Å². The normalized spacial score (nSPS) is 9.75. The van der Waals surface area contributed by atoms with Gasteiger partial charge in [-0.15, -0.1) is 0 Å². The molecule has 1 aromatic rings. The number of allylic oxidation sites excluding steroid dienone is 1. The Kier molecular flexibility index (Phi) is 4.23. The van der Waals surface area contributed by atoms with Gasteiger partial charge in [-0.2, -0.15) is 0 Å². The Morgan fingerprint density at radius 1 is 1.06 bits per heavy atom. The van der Waals surface area contributed by atoms with Gasteiger partial charge in [0.25, 0.3) is 0 Å². The molecule has 3 nitrogen and oxygen atoms in total. The Balaban J connectivity index is 3.25. The van der Waals surface area contributed by atoms with Gasteiger partial charge in [0, 0.05) is 24.1 Å². The smallest absolute Gasteiger partial charge is 0.129 e. The minimum absolute atomic E-state index is 0.721. The molecule has 0 aromatic heterocycles. The Labute approximate surface area is 96.6 Å². The molecule has 16 heavy (non-hydrogen) atoms. The number of rotatable bonds is 5. The van der Waals surface area contributed by atoms with E-state index >= 15 is 0 Å². The van der Waals surface area contributed by atoms with E-state index < -0.39 is 0 Å². The van der Waals surface area contributed by atoms with Crippen molar-refractivity contribution in [1.29, 1.82) is 0 Å². The molecule has 0 aliphatic rings. The highest BCUT2D eigenvalue weighted by atomic mass is 16.5. The third-order valence-electron chi connectivity index (χ3n) is 2.30. The zero-order valence-electron chi connectivity index (χ0n) is 10.3. The van der Waals surface area contributed by atoms with Gasteiger partial charge >= 0.3 is 0 Å². The molecule has 0 atom stereocenters. The van der Waals surface area contributed by atoms with Crippen LogP contribution in [-0.4, -0.2) is 21.3 Å². The number of benzene rings is 1. The van der Waals surface area contributed by atoms with Crippen molar-refractivity contribution in [2.45, 2.75) is 13.3 Å². The van der Waals surface area contributed by atoms with Gasteiger partial charge in [-0.05, 0) is 6.92 Å². The van der Waals surface area contributed by atoms with E-state index in [1.54, 1.807) is 21.3 Å². The average molecular weight is 222 g/mol. The zero-order chi connectivity index (χ0) is 12.1. The van der Waals surface area contributed by atoms with E-state index in [-0.39, 0.29) is 0 Å². The van der Waals surface area contributed by atoms with Gasteiger partial charge in [0.05, 0.1) is 21.3 Å². The molecule has 0 aliphatic carbocycles. The molecule has 0 heterocycles. The minimum atomic E-state index is 0.721. The molecule has 1 rings (SSSR count). The van der Waals surface area contributed by atoms with Crippen LogP contribution in [0, 0.1) is 0 Å². The van der Waals surface area contributed by atoms with Crippen LogP contribution in [0.4, 0.5) is 0 Å². The summed E-state index contributed by atoms with van der Waals surface area (Å²) in [5.74, 6) is 2.25. The van der Waals surface area contributed by atoms with Gasteiger partial charge in [0.1, 0.15) is 17.2 Å². The largest absolute Gasteiger partial charge is 0.496 e. The summed E-state index contributed by atoms with van der Waals surface area (Å²) in [6.45, 7) is 5.88. The van der Waals surface area contributed by atoms with Crippen molar-refractivity contribution >= 4 is 0 Å². The van der Waals surface area contributed by atoms with E-state index in [1.807, 2.05) is 19.1 Å². The SMILES string of the molecule is C=C(C)Cc1c(OC)cc(OC)cc1OC. The quantitative estimate of drug-likeness (QED) is 0.717. The first kappa shape index (κ1) is 12.4. The fourth-order valence-corrected chi connectivity index (χ4v) is 1.55. The molecule has 0 aliphatic heterocycles. The standard InChI is InChI=1S/C13H18O3/c1-9(2)6-11-12(15-4)7-10(14-3)8-13(11)16-5/h7-8H,1,6H2,2-5H3. The molecule has 0 radical (unpaired) electrons. The molecule has 1 aromatic carbocycles. The topological polar surface area (TPSA) is 27.7 Å². The minimum Gasteiger partial charge on any atom is -0.496 e. The van der Waals surface area contributed by atoms with E-state index in [2.05, 4.69) is 6.58 Å². The predicted octanol–water partition coefficient (Wildman–Crippen LogP) is 2.83. The third-order valence-corrected chi connectivity index (χ3v) is 2.30. The van der Waals surface area contributed by atoms with Crippen molar-refractivity contribution in [2.24, 2.45) is 0 Å². The van der Waals surface area contributed by atoms with Crippen LogP contribution >= 0.6 is 0 Å². The monoisotopic (exact) mass is 222 g/mol. The molecular formula is C13H18O3. The molecule has 0 amide bonds. The van der Waals surface area contributed by atoms with Crippen LogP contribution in [0.1, 0.15) is 12.5 Å². The van der Waals surface area contributed by atoms with Gasteiger partial charge in [-0.25, -0.2) is 0 Å². The Morgan fingerprint density at radius 3 is 1.88 bits per heavy atom. The van der Waals surface area contributed by atoms with Gasteiger partial charge < -0.3 is 14.2 Å². The summed E-state index contributed by atoms with van der Waals surface area (Å²) in [5, 5.41) is 0. The van der Waals surface area contributed by atoms with E-state index in [0.29, 0.717) is 0 Å². The van der Waals surface area contributed by atoms with Crippen molar-refractivity contribution in [3.05, 3.63) is 29.8 Å². The average Bonchev–Trinajstić information content (AvgIpc) is 2.28. The lowest BCUT2D eigenvalue weighted by Gasteiger charge is -2.14. The predicted molar refractivity (Wildman–Crippen MR) is 64.6 cm³/mol. The van der Waals surface area contributed by atoms with Crippen LogP contribution < -0.4 is 14.2 Å². The van der Waals surface area contributed by atoms with E-state index in [9.17, 15) is 0 Å². The van der Waals surface area contributed by atoms with Gasteiger partial charge in [0.15, 0.2) is 0 Å². The fourth-order valence-electron chi connectivity index (χ4n) is 1.55. The third kappa shape index (κ3) is 2.69. The lowest BCUT2D eigenvalue weighted by atomic mass is 10.0. The molecule has 0 fully saturated rings. The number of hydrogen-bond acceptors (Lipinski definition) is 3. The van der Waals surface area contributed by atoms with E-state index in [4.69, 9.17) is 14.2 Å². The first-order chi connectivity index (χ1) is 7.62. The van der Waals surface area contributed by atoms with E-state index in [0.717, 1.165) is 34.8 Å². The van der Waals surface area contributed by atoms with Gasteiger partial charge in [-0.3, -0.25) is 0 Å². The van der Waals surface area contributed by atoms with Crippen molar-refractivity contribution in [2.75, 3.05) is 21.3 Å². The van der Waals surface area contributed by atoms with E-state index in [1.165, 1.54) is 0 Å². The molecular weight excluding hydrogens is 204 g/mol. The van der Waals surface area contributed by atoms with Crippen LogP contribution in [0.15, 0.2) is 24.3 Å². The van der Waals surface area contributed by atoms with Crippen molar-refractivity contribution < 1.29 is 14.2 Å². The summed E-state index contributed by atoms with van der Waals surface area (Å²) in [6, 6.07) is 3.70. The number of hydrogen-bond donors (Lipinski definition) is 0. The number of methoxy groups -OCH3 is 3. The Morgan fingerprint density at radius 2 is 1.56 bits per heavy atom. The van der Waals surface area contributed by atoms with Crippen molar-refractivity contribution in [3.8, 4) is 17.2 Å². The summed E-state index contributed by atoms with van der Waals surface area (Å²) in [7, 11) is 4.89. The fraction of sp³-hybridized carbons (Fsp3) is 0.385. The second-order valence-corrected chi connectivity index (χ2v) is 3.64. The summed E-state index contributed by atoms with van der Waals surface area (Å²) >= 11 is 0. The molecule has 0 saturated heterocycles. The first-order valence-corrected chi connectivity index (χ1v) is 5.05. The summed E-state index contributed by atoms with van der Waals surface area (Å²) in [4.78, 5) is 0. The second kappa shape index (κ2) is 5.45. The maximum atomic E-state index is 5.33. The Bertz CT molecular complexity index is 358. The lowest BCUT2D eigenvalue weighted by molar-refractivity contribution is 0.369. The summed E-state index contributed by atoms with van der Waals surface area (Å²) in [6.07, 6.45) is 0.732. The maximum absolute atomic E-state index is 5.33. The lowest BCUT2D eigenvalue weighted by Crippen LogP contribution is -1.99. The highest BCUT2D eigenvalue weighted by Gasteiger charge is 2.12. The molecule has 0 N–H and O–H groups in total. The Hall–Kier alpha value is -1.64. The summed E-state index contributed by atoms with van der Waals surface area (Å²) < 4.78 is 15.8. The highest BCUT2D eigenvalue weighted by Crippen LogP contribution is 2.35. The van der Waals surface area contributed by atoms with Crippen LogP contribution in [-0.2, 0) is 6.42 Å². The first-order valence-electron chi connectivity index (χ1n) is 5.05. The van der Waals surface area contributed by atoms with Gasteiger partial charge in [-0.1, -0.05) is 12.2 Å². The highest BCUT2D eigenvalue weighted by molar-refractivity contribution is 5.51.